The largest absolute Gasteiger partial charge is 0.481 e. The topological polar surface area (TPSA) is 131 Å². The quantitative estimate of drug-likeness (QED) is 0.202. The molecule has 1 aliphatic rings. The summed E-state index contributed by atoms with van der Waals surface area (Å²) in [6.45, 7) is 5.56. The number of carboxylic acid groups (broad SMARTS) is 1. The van der Waals surface area contributed by atoms with Crippen molar-refractivity contribution in [2.24, 2.45) is 0 Å². The fraction of sp³-hybridized carbons (Fsp3) is 0.375. The summed E-state index contributed by atoms with van der Waals surface area (Å²) in [5.74, 6) is -1.40. The average molecular weight is 683 g/mol. The lowest BCUT2D eigenvalue weighted by molar-refractivity contribution is -0.137. The first kappa shape index (κ1) is 32.3. The number of pyridine rings is 1. The first-order valence-electron chi connectivity index (χ1n) is 15.0. The second-order valence-corrected chi connectivity index (χ2v) is 15.1. The Labute approximate surface area is 276 Å². The molecule has 0 amide bonds. The number of rotatable bonds is 10. The maximum absolute atomic E-state index is 14.0. The van der Waals surface area contributed by atoms with Gasteiger partial charge in [-0.2, -0.15) is 4.31 Å². The lowest BCUT2D eigenvalue weighted by Crippen LogP contribution is -2.36. The second-order valence-electron chi connectivity index (χ2n) is 11.8. The van der Waals surface area contributed by atoms with Crippen molar-refractivity contribution in [2.75, 3.05) is 27.2 Å². The molecule has 4 heterocycles. The van der Waals surface area contributed by atoms with E-state index in [4.69, 9.17) is 16.3 Å². The van der Waals surface area contributed by atoms with Crippen LogP contribution < -0.4 is 4.74 Å². The highest BCUT2D eigenvalue weighted by Gasteiger charge is 2.36. The van der Waals surface area contributed by atoms with Gasteiger partial charge in [-0.1, -0.05) is 35.9 Å². The van der Waals surface area contributed by atoms with E-state index in [-0.39, 0.29) is 35.3 Å². The summed E-state index contributed by atoms with van der Waals surface area (Å²) < 4.78 is 38.3. The number of aryl methyl sites for hydroxylation is 1. The molecule has 5 aromatic rings. The minimum Gasteiger partial charge on any atom is -0.481 e. The molecule has 0 bridgehead atoms. The number of ether oxygens (including phenoxy) is 1. The molecule has 6 rings (SSSR count). The van der Waals surface area contributed by atoms with Crippen molar-refractivity contribution in [2.45, 2.75) is 56.7 Å². The molecule has 242 valence electrons. The van der Waals surface area contributed by atoms with Gasteiger partial charge in [0.05, 0.1) is 30.0 Å². The number of nitrogens with zero attached hydrogens (tertiary/aromatic N) is 6. The number of benzene rings is 2. The van der Waals surface area contributed by atoms with Gasteiger partial charge >= 0.3 is 5.97 Å². The summed E-state index contributed by atoms with van der Waals surface area (Å²) in [4.78, 5) is 18.5. The molecular formula is C32H35ClN6O5S2. The first-order chi connectivity index (χ1) is 22.0. The van der Waals surface area contributed by atoms with E-state index >= 15 is 0 Å². The summed E-state index contributed by atoms with van der Waals surface area (Å²) in [6, 6.07) is 11.2. The van der Waals surface area contributed by atoms with Crippen LogP contribution in [-0.4, -0.2) is 82.0 Å². The molecule has 1 unspecified atom stereocenters. The van der Waals surface area contributed by atoms with E-state index in [1.807, 2.05) is 68.3 Å². The molecule has 0 radical (unpaired) electrons. The van der Waals surface area contributed by atoms with Crippen LogP contribution in [0.25, 0.3) is 21.1 Å². The fourth-order valence-corrected chi connectivity index (χ4v) is 8.65. The smallest absolute Gasteiger partial charge is 0.304 e. The molecule has 3 aromatic heterocycles. The Morgan fingerprint density at radius 3 is 2.78 bits per heavy atom. The number of sulfonamides is 1. The average Bonchev–Trinajstić information content (AvgIpc) is 3.64. The van der Waals surface area contributed by atoms with Gasteiger partial charge in [-0.25, -0.2) is 18.1 Å². The Morgan fingerprint density at radius 1 is 1.24 bits per heavy atom. The third-order valence-electron chi connectivity index (χ3n) is 8.44. The van der Waals surface area contributed by atoms with E-state index in [2.05, 4.69) is 20.2 Å². The SMILES string of the molecule is CC[C@@H]1CN(Cc2cc(C(CC(=O)O)c3ccc4c(nnn4CCN(C)C)c3C)cc3ccsc23)S(=O)(=O)c2cc(Cl)cnc2O1. The van der Waals surface area contributed by atoms with Gasteiger partial charge in [0.25, 0.3) is 0 Å². The minimum atomic E-state index is -4.03. The van der Waals surface area contributed by atoms with Crippen LogP contribution in [0.3, 0.4) is 0 Å². The van der Waals surface area contributed by atoms with Crippen molar-refractivity contribution in [1.29, 1.82) is 0 Å². The van der Waals surface area contributed by atoms with Crippen LogP contribution in [0.4, 0.5) is 0 Å². The Bertz CT molecular complexity index is 2040. The summed E-state index contributed by atoms with van der Waals surface area (Å²) in [7, 11) is -0.0238. The van der Waals surface area contributed by atoms with E-state index in [0.29, 0.717) is 13.0 Å². The van der Waals surface area contributed by atoms with Gasteiger partial charge < -0.3 is 14.7 Å². The van der Waals surface area contributed by atoms with Crippen LogP contribution in [-0.2, 0) is 27.9 Å². The van der Waals surface area contributed by atoms with Crippen molar-refractivity contribution < 1.29 is 23.1 Å². The second kappa shape index (κ2) is 12.9. The minimum absolute atomic E-state index is 0.0415. The van der Waals surface area contributed by atoms with Gasteiger partial charge in [0.15, 0.2) is 0 Å². The predicted octanol–water partition coefficient (Wildman–Crippen LogP) is 5.53. The standard InChI is InChI=1S/C32H35ClN6O5S2/c1-5-24-18-38(46(42,43)28-14-23(33)16-34-32(28)44-24)17-22-13-21(12-20-8-11-45-31(20)22)26(15-29(40)41)25-6-7-27-30(19(25)2)35-36-39(27)10-9-37(3)4/h6-8,11-14,16,24,26H,5,9-10,15,17-18H2,1-4H3,(H,40,41)/t24-,26?/m1/s1. The number of likely N-dealkylation sites (N-methyl/N-ethyl adjacent to an activating group) is 1. The zero-order valence-electron chi connectivity index (χ0n) is 26.0. The van der Waals surface area contributed by atoms with E-state index in [9.17, 15) is 18.3 Å². The molecule has 1 N–H and O–H groups in total. The molecule has 11 nitrogen and oxygen atoms in total. The number of carboxylic acids is 1. The highest BCUT2D eigenvalue weighted by molar-refractivity contribution is 7.89. The summed E-state index contributed by atoms with van der Waals surface area (Å²) >= 11 is 7.69. The van der Waals surface area contributed by atoms with Gasteiger partial charge in [-0.15, -0.1) is 16.4 Å². The zero-order valence-corrected chi connectivity index (χ0v) is 28.4. The van der Waals surface area contributed by atoms with Crippen LogP contribution in [0.1, 0.15) is 47.9 Å². The molecule has 46 heavy (non-hydrogen) atoms. The zero-order chi connectivity index (χ0) is 32.7. The molecule has 0 fully saturated rings. The maximum Gasteiger partial charge on any atom is 0.304 e. The Balaban J connectivity index is 1.43. The van der Waals surface area contributed by atoms with Gasteiger partial charge in [-0.3, -0.25) is 4.79 Å². The molecular weight excluding hydrogens is 648 g/mol. The summed E-state index contributed by atoms with van der Waals surface area (Å²) in [6.07, 6.45) is 1.39. The van der Waals surface area contributed by atoms with Crippen molar-refractivity contribution >= 4 is 60.0 Å². The number of fused-ring (bicyclic) bond motifs is 3. The lowest BCUT2D eigenvalue weighted by Gasteiger charge is -2.24. The van der Waals surface area contributed by atoms with Gasteiger partial charge in [0, 0.05) is 29.9 Å². The van der Waals surface area contributed by atoms with Crippen LogP contribution in [0.15, 0.2) is 52.9 Å². The van der Waals surface area contributed by atoms with Crippen molar-refractivity contribution in [3.63, 3.8) is 0 Å². The van der Waals surface area contributed by atoms with E-state index in [0.717, 1.165) is 49.9 Å². The van der Waals surface area contributed by atoms with E-state index in [1.54, 1.807) is 0 Å². The number of hydrogen-bond donors (Lipinski definition) is 1. The molecule has 2 aromatic carbocycles. The van der Waals surface area contributed by atoms with Gasteiger partial charge in [0.1, 0.15) is 16.5 Å². The first-order valence-corrected chi connectivity index (χ1v) is 17.7. The van der Waals surface area contributed by atoms with Crippen molar-refractivity contribution in [3.05, 3.63) is 75.3 Å². The maximum atomic E-state index is 14.0. The van der Waals surface area contributed by atoms with Crippen LogP contribution >= 0.6 is 22.9 Å². The Hall–Kier alpha value is -3.62. The molecule has 0 aliphatic carbocycles. The van der Waals surface area contributed by atoms with Crippen molar-refractivity contribution in [1.82, 2.24) is 29.2 Å². The molecule has 2 atom stereocenters. The monoisotopic (exact) mass is 682 g/mol. The molecule has 1 aliphatic heterocycles. The highest BCUT2D eigenvalue weighted by Crippen LogP contribution is 2.39. The summed E-state index contributed by atoms with van der Waals surface area (Å²) in [5.41, 5.74) is 4.89. The lowest BCUT2D eigenvalue weighted by atomic mass is 9.84. The predicted molar refractivity (Wildman–Crippen MR) is 178 cm³/mol. The van der Waals surface area contributed by atoms with Crippen LogP contribution in [0.2, 0.25) is 5.02 Å². The fourth-order valence-electron chi connectivity index (χ4n) is 6.00. The van der Waals surface area contributed by atoms with Crippen LogP contribution in [0.5, 0.6) is 5.88 Å². The van der Waals surface area contributed by atoms with E-state index in [1.165, 1.54) is 27.9 Å². The van der Waals surface area contributed by atoms with Crippen LogP contribution in [0, 0.1) is 6.92 Å². The number of aromatic nitrogens is 4. The third-order valence-corrected chi connectivity index (χ3v) is 11.5. The Morgan fingerprint density at radius 2 is 2.04 bits per heavy atom. The van der Waals surface area contributed by atoms with E-state index < -0.39 is 28.0 Å². The number of aliphatic carboxylic acids is 1. The highest BCUT2D eigenvalue weighted by atomic mass is 35.5. The number of halogens is 1. The summed E-state index contributed by atoms with van der Waals surface area (Å²) in [5, 5.41) is 22.0. The number of thiophene rings is 1. The molecule has 0 saturated carbocycles. The van der Waals surface area contributed by atoms with Crippen molar-refractivity contribution in [3.8, 4) is 5.88 Å². The van der Waals surface area contributed by atoms with Gasteiger partial charge in [0.2, 0.25) is 15.9 Å². The number of hydrogen-bond acceptors (Lipinski definition) is 9. The molecule has 0 spiro atoms. The third kappa shape index (κ3) is 6.21. The molecule has 0 saturated heterocycles. The normalized spacial score (nSPS) is 17.2. The Kier molecular flexibility index (Phi) is 9.05. The molecule has 14 heteroatoms. The number of carbonyl (C=O) groups is 1. The van der Waals surface area contributed by atoms with Gasteiger partial charge in [-0.05, 0) is 84.7 Å².